The van der Waals surface area contributed by atoms with Crippen LogP contribution in [0.25, 0.3) is 0 Å². The molecule has 0 aromatic heterocycles. The first-order chi connectivity index (χ1) is 8.78. The number of amides is 2. The highest BCUT2D eigenvalue weighted by atomic mass is 16.5. The van der Waals surface area contributed by atoms with Crippen LogP contribution in [0.3, 0.4) is 0 Å². The zero-order chi connectivity index (χ0) is 12.8. The number of hydrogen-bond donors (Lipinski definition) is 2. The molecule has 0 radical (unpaired) electrons. The van der Waals surface area contributed by atoms with Gasteiger partial charge in [-0.2, -0.15) is 0 Å². The van der Waals surface area contributed by atoms with E-state index in [-0.39, 0.29) is 6.03 Å². The number of urea groups is 1. The Bertz CT molecular complexity index is 403. The van der Waals surface area contributed by atoms with Crippen LogP contribution in [0.15, 0.2) is 24.3 Å². The van der Waals surface area contributed by atoms with Crippen LogP contribution in [-0.4, -0.2) is 25.7 Å². The third-order valence-electron chi connectivity index (χ3n) is 3.27. The Balaban J connectivity index is 1.68. The van der Waals surface area contributed by atoms with Crippen LogP contribution in [0.5, 0.6) is 5.75 Å². The van der Waals surface area contributed by atoms with Crippen LogP contribution in [0.1, 0.15) is 24.8 Å². The second-order valence-electron chi connectivity index (χ2n) is 4.63. The van der Waals surface area contributed by atoms with Crippen molar-refractivity contribution in [2.75, 3.05) is 13.7 Å². The van der Waals surface area contributed by atoms with Gasteiger partial charge in [0.15, 0.2) is 0 Å². The lowest BCUT2D eigenvalue weighted by Crippen LogP contribution is -2.45. The van der Waals surface area contributed by atoms with E-state index in [1.165, 1.54) is 12.0 Å². The third-order valence-corrected chi connectivity index (χ3v) is 3.27. The molecule has 0 saturated heterocycles. The normalized spacial score (nSPS) is 14.7. The lowest BCUT2D eigenvalue weighted by molar-refractivity contribution is 0.228. The van der Waals surface area contributed by atoms with Gasteiger partial charge in [-0.25, -0.2) is 4.79 Å². The number of rotatable bonds is 5. The van der Waals surface area contributed by atoms with Crippen LogP contribution < -0.4 is 15.4 Å². The second kappa shape index (κ2) is 6.28. The highest BCUT2D eigenvalue weighted by Crippen LogP contribution is 2.17. The Labute approximate surface area is 108 Å². The zero-order valence-corrected chi connectivity index (χ0v) is 10.7. The van der Waals surface area contributed by atoms with E-state index in [1.54, 1.807) is 7.11 Å². The summed E-state index contributed by atoms with van der Waals surface area (Å²) in [7, 11) is 1.66. The van der Waals surface area contributed by atoms with Gasteiger partial charge >= 0.3 is 6.03 Å². The van der Waals surface area contributed by atoms with Gasteiger partial charge < -0.3 is 15.4 Å². The first-order valence-electron chi connectivity index (χ1n) is 6.45. The molecule has 4 heteroatoms. The molecule has 1 aliphatic rings. The molecule has 1 aliphatic carbocycles. The van der Waals surface area contributed by atoms with Gasteiger partial charge in [-0.3, -0.25) is 0 Å². The third kappa shape index (κ3) is 3.65. The van der Waals surface area contributed by atoms with Crippen molar-refractivity contribution >= 4 is 6.03 Å². The Hall–Kier alpha value is -1.71. The molecular weight excluding hydrogens is 228 g/mol. The quantitative estimate of drug-likeness (QED) is 0.838. The predicted octanol–water partition coefficient (Wildman–Crippen LogP) is 2.09. The van der Waals surface area contributed by atoms with Gasteiger partial charge in [-0.15, -0.1) is 0 Å². The van der Waals surface area contributed by atoms with Crippen molar-refractivity contribution in [3.63, 3.8) is 0 Å². The number of ether oxygens (including phenoxy) is 1. The molecule has 1 aromatic rings. The molecule has 0 atom stereocenters. The van der Waals surface area contributed by atoms with Crippen molar-refractivity contribution in [1.29, 1.82) is 0 Å². The van der Waals surface area contributed by atoms with E-state index in [0.29, 0.717) is 12.6 Å². The van der Waals surface area contributed by atoms with Crippen molar-refractivity contribution in [2.24, 2.45) is 0 Å². The van der Waals surface area contributed by atoms with Crippen LogP contribution in [-0.2, 0) is 6.42 Å². The maximum atomic E-state index is 11.5. The Kier molecular flexibility index (Phi) is 4.45. The molecule has 0 aliphatic heterocycles. The van der Waals surface area contributed by atoms with E-state index in [2.05, 4.69) is 10.6 Å². The summed E-state index contributed by atoms with van der Waals surface area (Å²) in [5, 5.41) is 5.83. The van der Waals surface area contributed by atoms with E-state index >= 15 is 0 Å². The molecule has 2 rings (SSSR count). The molecule has 1 aromatic carbocycles. The van der Waals surface area contributed by atoms with Crippen molar-refractivity contribution in [1.82, 2.24) is 10.6 Å². The minimum Gasteiger partial charge on any atom is -0.497 e. The number of carbonyl (C=O) groups is 1. The minimum absolute atomic E-state index is 0.0532. The summed E-state index contributed by atoms with van der Waals surface area (Å²) in [5.74, 6) is 0.853. The van der Waals surface area contributed by atoms with Gasteiger partial charge in [-0.1, -0.05) is 12.1 Å². The van der Waals surface area contributed by atoms with Crippen LogP contribution >= 0.6 is 0 Å². The fourth-order valence-corrected chi connectivity index (χ4v) is 1.94. The largest absolute Gasteiger partial charge is 0.497 e. The summed E-state index contributed by atoms with van der Waals surface area (Å²) in [6.45, 7) is 0.645. The van der Waals surface area contributed by atoms with E-state index in [0.717, 1.165) is 25.0 Å². The first-order valence-corrected chi connectivity index (χ1v) is 6.45. The Morgan fingerprint density at radius 3 is 2.94 bits per heavy atom. The summed E-state index contributed by atoms with van der Waals surface area (Å²) < 4.78 is 5.16. The zero-order valence-electron chi connectivity index (χ0n) is 10.7. The van der Waals surface area contributed by atoms with E-state index in [1.807, 2.05) is 24.3 Å². The Morgan fingerprint density at radius 2 is 2.28 bits per heavy atom. The fraction of sp³-hybridized carbons (Fsp3) is 0.500. The molecule has 0 unspecified atom stereocenters. The predicted molar refractivity (Wildman–Crippen MR) is 70.9 cm³/mol. The van der Waals surface area contributed by atoms with Crippen molar-refractivity contribution in [3.05, 3.63) is 29.8 Å². The molecule has 4 nitrogen and oxygen atoms in total. The summed E-state index contributed by atoms with van der Waals surface area (Å²) in [6, 6.07) is 8.24. The van der Waals surface area contributed by atoms with Crippen molar-refractivity contribution in [3.8, 4) is 5.75 Å². The maximum Gasteiger partial charge on any atom is 0.315 e. The molecule has 1 saturated carbocycles. The standard InChI is InChI=1S/C14H20N2O2/c1-18-13-7-2-4-11(10-13)8-9-15-14(17)16-12-5-3-6-12/h2,4,7,10,12H,3,5-6,8-9H2,1H3,(H2,15,16,17). The van der Waals surface area contributed by atoms with E-state index < -0.39 is 0 Å². The van der Waals surface area contributed by atoms with Crippen molar-refractivity contribution in [2.45, 2.75) is 31.7 Å². The van der Waals surface area contributed by atoms with Crippen LogP contribution in [0.2, 0.25) is 0 Å². The van der Waals surface area contributed by atoms with Crippen molar-refractivity contribution < 1.29 is 9.53 Å². The average Bonchev–Trinajstić information content (AvgIpc) is 2.34. The molecular formula is C14H20N2O2. The summed E-state index contributed by atoms with van der Waals surface area (Å²) in [6.07, 6.45) is 4.27. The van der Waals surface area contributed by atoms with Gasteiger partial charge in [0.25, 0.3) is 0 Å². The smallest absolute Gasteiger partial charge is 0.315 e. The SMILES string of the molecule is COc1cccc(CCNC(=O)NC2CCC2)c1. The second-order valence-corrected chi connectivity index (χ2v) is 4.63. The molecule has 18 heavy (non-hydrogen) atoms. The van der Waals surface area contributed by atoms with Crippen LogP contribution in [0, 0.1) is 0 Å². The topological polar surface area (TPSA) is 50.4 Å². The van der Waals surface area contributed by atoms with Gasteiger partial charge in [-0.05, 0) is 43.4 Å². The maximum absolute atomic E-state index is 11.5. The fourth-order valence-electron chi connectivity index (χ4n) is 1.94. The van der Waals surface area contributed by atoms with Gasteiger partial charge in [0.2, 0.25) is 0 Å². The molecule has 0 spiro atoms. The monoisotopic (exact) mass is 248 g/mol. The molecule has 1 fully saturated rings. The molecule has 98 valence electrons. The number of nitrogens with one attached hydrogen (secondary N) is 2. The molecule has 2 amide bonds. The number of benzene rings is 1. The highest BCUT2D eigenvalue weighted by Gasteiger charge is 2.18. The summed E-state index contributed by atoms with van der Waals surface area (Å²) in [4.78, 5) is 11.5. The summed E-state index contributed by atoms with van der Waals surface area (Å²) >= 11 is 0. The van der Waals surface area contributed by atoms with Crippen LogP contribution in [0.4, 0.5) is 4.79 Å². The summed E-state index contributed by atoms with van der Waals surface area (Å²) in [5.41, 5.74) is 1.17. The molecule has 0 heterocycles. The lowest BCUT2D eigenvalue weighted by Gasteiger charge is -2.26. The van der Waals surface area contributed by atoms with Gasteiger partial charge in [0, 0.05) is 12.6 Å². The first kappa shape index (κ1) is 12.7. The molecule has 2 N–H and O–H groups in total. The minimum atomic E-state index is -0.0532. The number of hydrogen-bond acceptors (Lipinski definition) is 2. The lowest BCUT2D eigenvalue weighted by atomic mass is 9.93. The number of methoxy groups -OCH3 is 1. The average molecular weight is 248 g/mol. The van der Waals surface area contributed by atoms with Gasteiger partial charge in [0.05, 0.1) is 7.11 Å². The van der Waals surface area contributed by atoms with E-state index in [9.17, 15) is 4.79 Å². The highest BCUT2D eigenvalue weighted by molar-refractivity contribution is 5.74. The molecule has 0 bridgehead atoms. The Morgan fingerprint density at radius 1 is 1.44 bits per heavy atom. The van der Waals surface area contributed by atoms with E-state index in [4.69, 9.17) is 4.74 Å². The van der Waals surface area contributed by atoms with Gasteiger partial charge in [0.1, 0.15) is 5.75 Å². The number of carbonyl (C=O) groups excluding carboxylic acids is 1.